The van der Waals surface area contributed by atoms with Gasteiger partial charge in [0.15, 0.2) is 5.82 Å². The van der Waals surface area contributed by atoms with Gasteiger partial charge in [0.1, 0.15) is 11.6 Å². The van der Waals surface area contributed by atoms with Gasteiger partial charge in [-0.25, -0.2) is 4.98 Å². The summed E-state index contributed by atoms with van der Waals surface area (Å²) in [6.07, 6.45) is 0. The number of H-pyrrole nitrogens is 1. The highest BCUT2D eigenvalue weighted by Crippen LogP contribution is 2.12. The molecule has 0 unspecified atom stereocenters. The standard InChI is InChI=1S/C8H15N5O/c1-3-10-6(14)4-11-8-7(9)12-5(2)13-8/h11H,3-4,9H2,1-2H3,(H,10,14)(H,12,13). The number of carbonyl (C=O) groups excluding carboxylic acids is 1. The van der Waals surface area contributed by atoms with Gasteiger partial charge in [-0.2, -0.15) is 0 Å². The minimum Gasteiger partial charge on any atom is -0.382 e. The average Bonchev–Trinajstić information content (AvgIpc) is 2.42. The summed E-state index contributed by atoms with van der Waals surface area (Å²) in [7, 11) is 0. The first-order valence-corrected chi connectivity index (χ1v) is 4.46. The number of aromatic nitrogens is 2. The summed E-state index contributed by atoms with van der Waals surface area (Å²) >= 11 is 0. The van der Waals surface area contributed by atoms with E-state index in [0.717, 1.165) is 5.82 Å². The van der Waals surface area contributed by atoms with Crippen LogP contribution in [0.3, 0.4) is 0 Å². The molecule has 6 heteroatoms. The number of carbonyl (C=O) groups is 1. The summed E-state index contributed by atoms with van der Waals surface area (Å²) in [6.45, 7) is 4.47. The number of rotatable bonds is 4. The number of aryl methyl sites for hydroxylation is 1. The quantitative estimate of drug-likeness (QED) is 0.539. The Hall–Kier alpha value is -1.72. The number of amides is 1. The Bertz CT molecular complexity index is 320. The maximum Gasteiger partial charge on any atom is 0.239 e. The fourth-order valence-corrected chi connectivity index (χ4v) is 1.07. The molecule has 0 atom stereocenters. The van der Waals surface area contributed by atoms with E-state index in [4.69, 9.17) is 5.73 Å². The molecular weight excluding hydrogens is 182 g/mol. The highest BCUT2D eigenvalue weighted by Gasteiger charge is 2.05. The predicted molar refractivity (Wildman–Crippen MR) is 54.9 cm³/mol. The van der Waals surface area contributed by atoms with Crippen LogP contribution in [0, 0.1) is 6.92 Å². The molecular formula is C8H15N5O. The van der Waals surface area contributed by atoms with Crippen molar-refractivity contribution in [3.8, 4) is 0 Å². The normalized spacial score (nSPS) is 9.86. The predicted octanol–water partition coefficient (Wildman–Crippen LogP) is -0.152. The minimum atomic E-state index is -0.0763. The molecule has 0 aliphatic heterocycles. The first-order chi connectivity index (χ1) is 6.63. The summed E-state index contributed by atoms with van der Waals surface area (Å²) in [6, 6.07) is 0. The van der Waals surface area contributed by atoms with Crippen molar-refractivity contribution >= 4 is 17.5 Å². The lowest BCUT2D eigenvalue weighted by molar-refractivity contribution is -0.119. The van der Waals surface area contributed by atoms with Gasteiger partial charge >= 0.3 is 0 Å². The smallest absolute Gasteiger partial charge is 0.239 e. The van der Waals surface area contributed by atoms with Crippen LogP contribution in [0.4, 0.5) is 11.6 Å². The van der Waals surface area contributed by atoms with Crippen LogP contribution >= 0.6 is 0 Å². The zero-order chi connectivity index (χ0) is 10.6. The van der Waals surface area contributed by atoms with Gasteiger partial charge < -0.3 is 21.4 Å². The molecule has 0 aliphatic carbocycles. The first kappa shape index (κ1) is 10.4. The highest BCUT2D eigenvalue weighted by molar-refractivity contribution is 5.81. The Balaban J connectivity index is 2.45. The summed E-state index contributed by atoms with van der Waals surface area (Å²) in [5.41, 5.74) is 5.59. The zero-order valence-corrected chi connectivity index (χ0v) is 8.35. The first-order valence-electron chi connectivity index (χ1n) is 4.46. The Morgan fingerprint density at radius 1 is 1.64 bits per heavy atom. The van der Waals surface area contributed by atoms with Gasteiger partial charge in [0.25, 0.3) is 0 Å². The second kappa shape index (κ2) is 4.50. The monoisotopic (exact) mass is 197 g/mol. The van der Waals surface area contributed by atoms with Crippen LogP contribution in [-0.2, 0) is 4.79 Å². The van der Waals surface area contributed by atoms with Crippen LogP contribution in [-0.4, -0.2) is 29.0 Å². The van der Waals surface area contributed by atoms with Crippen molar-refractivity contribution < 1.29 is 4.79 Å². The Kier molecular flexibility index (Phi) is 3.33. The summed E-state index contributed by atoms with van der Waals surface area (Å²) in [4.78, 5) is 18.0. The second-order valence-electron chi connectivity index (χ2n) is 2.89. The highest BCUT2D eigenvalue weighted by atomic mass is 16.1. The zero-order valence-electron chi connectivity index (χ0n) is 8.35. The molecule has 1 amide bonds. The molecule has 0 radical (unpaired) electrons. The Labute approximate surface area is 82.3 Å². The van der Waals surface area contributed by atoms with E-state index in [9.17, 15) is 4.79 Å². The Morgan fingerprint density at radius 2 is 2.36 bits per heavy atom. The van der Waals surface area contributed by atoms with Crippen molar-refractivity contribution in [1.29, 1.82) is 0 Å². The third kappa shape index (κ3) is 2.65. The molecule has 14 heavy (non-hydrogen) atoms. The number of nitrogens with zero attached hydrogens (tertiary/aromatic N) is 1. The molecule has 1 aromatic heterocycles. The lowest BCUT2D eigenvalue weighted by Gasteiger charge is -2.03. The third-order valence-corrected chi connectivity index (χ3v) is 1.64. The molecule has 0 aromatic carbocycles. The summed E-state index contributed by atoms with van der Waals surface area (Å²) in [5, 5.41) is 5.50. The summed E-state index contributed by atoms with van der Waals surface area (Å²) in [5.74, 6) is 1.62. The van der Waals surface area contributed by atoms with Gasteiger partial charge in [0.05, 0.1) is 6.54 Å². The number of imidazole rings is 1. The van der Waals surface area contributed by atoms with Crippen LogP contribution in [0.5, 0.6) is 0 Å². The van der Waals surface area contributed by atoms with Gasteiger partial charge in [-0.3, -0.25) is 4.79 Å². The van der Waals surface area contributed by atoms with Gasteiger partial charge in [-0.1, -0.05) is 0 Å². The number of nitrogens with one attached hydrogen (secondary N) is 3. The number of aromatic amines is 1. The van der Waals surface area contributed by atoms with E-state index in [-0.39, 0.29) is 12.5 Å². The third-order valence-electron chi connectivity index (χ3n) is 1.64. The van der Waals surface area contributed by atoms with Crippen molar-refractivity contribution in [1.82, 2.24) is 15.3 Å². The van der Waals surface area contributed by atoms with E-state index in [1.807, 2.05) is 6.92 Å². The lowest BCUT2D eigenvalue weighted by Crippen LogP contribution is -2.29. The second-order valence-corrected chi connectivity index (χ2v) is 2.89. The minimum absolute atomic E-state index is 0.0763. The number of hydrogen-bond donors (Lipinski definition) is 4. The van der Waals surface area contributed by atoms with Crippen LogP contribution in [0.2, 0.25) is 0 Å². The molecule has 0 fully saturated rings. The molecule has 1 rings (SSSR count). The fourth-order valence-electron chi connectivity index (χ4n) is 1.07. The van der Waals surface area contributed by atoms with Crippen molar-refractivity contribution in [2.75, 3.05) is 24.1 Å². The molecule has 5 N–H and O–H groups in total. The molecule has 78 valence electrons. The largest absolute Gasteiger partial charge is 0.382 e. The average molecular weight is 197 g/mol. The number of likely N-dealkylation sites (N-methyl/N-ethyl adjacent to an activating group) is 1. The van der Waals surface area contributed by atoms with Gasteiger partial charge in [-0.05, 0) is 13.8 Å². The van der Waals surface area contributed by atoms with E-state index in [1.165, 1.54) is 0 Å². The van der Waals surface area contributed by atoms with Gasteiger partial charge in [-0.15, -0.1) is 0 Å². The Morgan fingerprint density at radius 3 is 2.86 bits per heavy atom. The number of nitrogen functional groups attached to an aromatic ring is 1. The summed E-state index contributed by atoms with van der Waals surface area (Å²) < 4.78 is 0. The van der Waals surface area contributed by atoms with Crippen molar-refractivity contribution in [2.45, 2.75) is 13.8 Å². The fraction of sp³-hybridized carbons (Fsp3) is 0.500. The molecule has 1 aromatic rings. The molecule has 1 heterocycles. The molecule has 0 saturated heterocycles. The van der Waals surface area contributed by atoms with Crippen LogP contribution in [0.15, 0.2) is 0 Å². The van der Waals surface area contributed by atoms with Crippen molar-refractivity contribution in [3.05, 3.63) is 5.82 Å². The molecule has 0 saturated carbocycles. The van der Waals surface area contributed by atoms with Crippen LogP contribution < -0.4 is 16.4 Å². The van der Waals surface area contributed by atoms with Crippen LogP contribution in [0.25, 0.3) is 0 Å². The van der Waals surface area contributed by atoms with Gasteiger partial charge in [0, 0.05) is 6.54 Å². The topological polar surface area (TPSA) is 95.8 Å². The SMILES string of the molecule is CCNC(=O)CNc1nc(C)[nH]c1N. The van der Waals surface area contributed by atoms with Crippen LogP contribution in [0.1, 0.15) is 12.7 Å². The molecule has 0 bridgehead atoms. The number of anilines is 2. The van der Waals surface area contributed by atoms with E-state index in [2.05, 4.69) is 20.6 Å². The number of hydrogen-bond acceptors (Lipinski definition) is 4. The molecule has 0 aliphatic rings. The molecule has 6 nitrogen and oxygen atoms in total. The van der Waals surface area contributed by atoms with Crippen molar-refractivity contribution in [3.63, 3.8) is 0 Å². The lowest BCUT2D eigenvalue weighted by atomic mass is 10.5. The van der Waals surface area contributed by atoms with E-state index < -0.39 is 0 Å². The van der Waals surface area contributed by atoms with E-state index in [0.29, 0.717) is 18.2 Å². The number of nitrogens with two attached hydrogens (primary N) is 1. The van der Waals surface area contributed by atoms with Gasteiger partial charge in [0.2, 0.25) is 5.91 Å². The van der Waals surface area contributed by atoms with E-state index >= 15 is 0 Å². The van der Waals surface area contributed by atoms with Crippen molar-refractivity contribution in [2.24, 2.45) is 0 Å². The molecule has 0 spiro atoms. The maximum absolute atomic E-state index is 11.1. The maximum atomic E-state index is 11.1. The van der Waals surface area contributed by atoms with E-state index in [1.54, 1.807) is 6.92 Å².